The molecule has 0 aliphatic carbocycles. The molecule has 142 valence electrons. The fourth-order valence-electron chi connectivity index (χ4n) is 2.51. The van der Waals surface area contributed by atoms with Gasteiger partial charge in [0.05, 0.1) is 14.2 Å². The second-order valence-electron chi connectivity index (χ2n) is 6.27. The molecule has 0 aromatic heterocycles. The minimum Gasteiger partial charge on any atom is -0.497 e. The van der Waals surface area contributed by atoms with Crippen LogP contribution in [-0.4, -0.2) is 44.8 Å². The number of benzene rings is 2. The summed E-state index contributed by atoms with van der Waals surface area (Å²) in [7, 11) is 3.33. The third-order valence-corrected chi connectivity index (χ3v) is 3.85. The van der Waals surface area contributed by atoms with Crippen LogP contribution in [-0.2, 0) is 9.59 Å². The first kappa shape index (κ1) is 20.1. The number of nitrogens with one attached hydrogen (secondary N) is 3. The maximum atomic E-state index is 12.1. The second kappa shape index (κ2) is 9.49. The molecule has 0 heterocycles. The van der Waals surface area contributed by atoms with Crippen molar-refractivity contribution in [3.05, 3.63) is 54.1 Å². The molecule has 2 aromatic carbocycles. The number of carbonyl (C=O) groups excluding carboxylic acids is 3. The van der Waals surface area contributed by atoms with Gasteiger partial charge in [0.1, 0.15) is 5.75 Å². The summed E-state index contributed by atoms with van der Waals surface area (Å²) < 4.78 is 5.12. The molecule has 0 saturated heterocycles. The number of ether oxygens (including phenoxy) is 1. The van der Waals surface area contributed by atoms with E-state index in [1.807, 2.05) is 0 Å². The van der Waals surface area contributed by atoms with Gasteiger partial charge in [-0.3, -0.25) is 14.4 Å². The first-order valence-corrected chi connectivity index (χ1v) is 8.53. The summed E-state index contributed by atoms with van der Waals surface area (Å²) in [6.45, 7) is 1.77. The van der Waals surface area contributed by atoms with Crippen molar-refractivity contribution in [1.29, 1.82) is 0 Å². The number of amides is 2. The second-order valence-corrected chi connectivity index (χ2v) is 6.27. The molecule has 3 N–H and O–H groups in total. The number of quaternary nitrogens is 1. The van der Waals surface area contributed by atoms with Gasteiger partial charge >= 0.3 is 0 Å². The molecule has 2 rings (SSSR count). The Hall–Kier alpha value is -3.19. The first-order valence-electron chi connectivity index (χ1n) is 8.53. The number of rotatable bonds is 8. The molecule has 0 bridgehead atoms. The van der Waals surface area contributed by atoms with Crippen LogP contribution in [0.3, 0.4) is 0 Å². The van der Waals surface area contributed by atoms with Crippen LogP contribution in [0.15, 0.2) is 48.5 Å². The average molecular weight is 370 g/mol. The Balaban J connectivity index is 1.81. The van der Waals surface area contributed by atoms with Crippen LogP contribution in [0.4, 0.5) is 11.4 Å². The summed E-state index contributed by atoms with van der Waals surface area (Å²) in [5, 5.41) is 5.54. The Bertz CT molecular complexity index is 818. The summed E-state index contributed by atoms with van der Waals surface area (Å²) >= 11 is 0. The minimum absolute atomic E-state index is 0.0286. The van der Waals surface area contributed by atoms with Crippen molar-refractivity contribution in [2.24, 2.45) is 0 Å². The van der Waals surface area contributed by atoms with E-state index in [2.05, 4.69) is 10.6 Å². The van der Waals surface area contributed by atoms with Gasteiger partial charge in [0.25, 0.3) is 11.8 Å². The van der Waals surface area contributed by atoms with Crippen molar-refractivity contribution in [3.8, 4) is 5.75 Å². The lowest BCUT2D eigenvalue weighted by Crippen LogP contribution is -3.11. The van der Waals surface area contributed by atoms with E-state index >= 15 is 0 Å². The van der Waals surface area contributed by atoms with Crippen molar-refractivity contribution >= 4 is 29.0 Å². The lowest BCUT2D eigenvalue weighted by atomic mass is 10.1. The van der Waals surface area contributed by atoms with Crippen molar-refractivity contribution in [3.63, 3.8) is 0 Å². The highest BCUT2D eigenvalue weighted by Gasteiger charge is 2.15. The van der Waals surface area contributed by atoms with E-state index in [-0.39, 0.29) is 30.7 Å². The highest BCUT2D eigenvalue weighted by Crippen LogP contribution is 2.16. The number of hydrogen-bond donors (Lipinski definition) is 3. The summed E-state index contributed by atoms with van der Waals surface area (Å²) in [5.41, 5.74) is 1.84. The van der Waals surface area contributed by atoms with Gasteiger partial charge in [-0.15, -0.1) is 0 Å². The molecule has 7 nitrogen and oxygen atoms in total. The van der Waals surface area contributed by atoms with E-state index in [9.17, 15) is 14.4 Å². The molecule has 27 heavy (non-hydrogen) atoms. The van der Waals surface area contributed by atoms with E-state index in [0.717, 1.165) is 4.90 Å². The predicted molar refractivity (Wildman–Crippen MR) is 103 cm³/mol. The maximum absolute atomic E-state index is 12.1. The molecule has 0 aliphatic heterocycles. The molecule has 0 fully saturated rings. The largest absolute Gasteiger partial charge is 0.497 e. The van der Waals surface area contributed by atoms with Crippen LogP contribution >= 0.6 is 0 Å². The highest BCUT2D eigenvalue weighted by atomic mass is 16.5. The summed E-state index contributed by atoms with van der Waals surface area (Å²) in [6.07, 6.45) is 0. The van der Waals surface area contributed by atoms with Crippen molar-refractivity contribution in [2.45, 2.75) is 6.92 Å². The van der Waals surface area contributed by atoms with E-state index in [0.29, 0.717) is 22.7 Å². The van der Waals surface area contributed by atoms with Gasteiger partial charge in [-0.1, -0.05) is 6.07 Å². The molecule has 0 saturated carbocycles. The van der Waals surface area contributed by atoms with Gasteiger partial charge in [-0.05, 0) is 43.3 Å². The maximum Gasteiger partial charge on any atom is 0.279 e. The van der Waals surface area contributed by atoms with Crippen LogP contribution in [0.2, 0.25) is 0 Å². The van der Waals surface area contributed by atoms with Crippen molar-refractivity contribution < 1.29 is 24.0 Å². The molecular weight excluding hydrogens is 346 g/mol. The highest BCUT2D eigenvalue weighted by molar-refractivity contribution is 5.96. The van der Waals surface area contributed by atoms with Gasteiger partial charge in [0.15, 0.2) is 18.9 Å². The summed E-state index contributed by atoms with van der Waals surface area (Å²) in [5.74, 6) is 0.222. The Morgan fingerprint density at radius 3 is 2.07 bits per heavy atom. The van der Waals surface area contributed by atoms with E-state index < -0.39 is 0 Å². The number of likely N-dealkylation sites (N-methyl/N-ethyl adjacent to an activating group) is 1. The fourth-order valence-corrected chi connectivity index (χ4v) is 2.51. The standard InChI is InChI=1S/C20H23N3O4/c1-14(24)15-7-9-16(10-8-15)21-19(25)12-23(2)13-20(26)22-17-5-4-6-18(11-17)27-3/h4-11H,12-13H2,1-3H3,(H,21,25)(H,22,26)/p+1. The van der Waals surface area contributed by atoms with E-state index in [4.69, 9.17) is 4.74 Å². The number of hydrogen-bond acceptors (Lipinski definition) is 4. The van der Waals surface area contributed by atoms with Gasteiger partial charge in [-0.25, -0.2) is 0 Å². The molecule has 0 aliphatic rings. The number of carbonyl (C=O) groups is 3. The third-order valence-electron chi connectivity index (χ3n) is 3.85. The van der Waals surface area contributed by atoms with Crippen LogP contribution in [0.5, 0.6) is 5.75 Å². The molecule has 0 radical (unpaired) electrons. The Labute approximate surface area is 158 Å². The Morgan fingerprint density at radius 1 is 0.926 bits per heavy atom. The van der Waals surface area contributed by atoms with Gasteiger partial charge in [-0.2, -0.15) is 0 Å². The lowest BCUT2D eigenvalue weighted by molar-refractivity contribution is -0.862. The van der Waals surface area contributed by atoms with Crippen LogP contribution in [0, 0.1) is 0 Å². The zero-order valence-electron chi connectivity index (χ0n) is 15.7. The molecule has 7 heteroatoms. The zero-order chi connectivity index (χ0) is 19.8. The molecule has 2 aromatic rings. The number of anilines is 2. The van der Waals surface area contributed by atoms with Gasteiger partial charge < -0.3 is 20.3 Å². The quantitative estimate of drug-likeness (QED) is 0.605. The van der Waals surface area contributed by atoms with E-state index in [1.165, 1.54) is 6.92 Å². The molecule has 2 amide bonds. The predicted octanol–water partition coefficient (Wildman–Crippen LogP) is 0.990. The summed E-state index contributed by atoms with van der Waals surface area (Å²) in [4.78, 5) is 36.2. The zero-order valence-corrected chi connectivity index (χ0v) is 15.7. The average Bonchev–Trinajstić information content (AvgIpc) is 2.61. The van der Waals surface area contributed by atoms with Crippen LogP contribution in [0.1, 0.15) is 17.3 Å². The lowest BCUT2D eigenvalue weighted by Gasteiger charge is -2.14. The smallest absolute Gasteiger partial charge is 0.279 e. The first-order chi connectivity index (χ1) is 12.9. The fraction of sp³-hybridized carbons (Fsp3) is 0.250. The van der Waals surface area contributed by atoms with Gasteiger partial charge in [0, 0.05) is 23.0 Å². The monoisotopic (exact) mass is 370 g/mol. The minimum atomic E-state index is -0.211. The summed E-state index contributed by atoms with van der Waals surface area (Å²) in [6, 6.07) is 13.8. The van der Waals surface area contributed by atoms with Crippen LogP contribution in [0.25, 0.3) is 0 Å². The number of ketones is 1. The Kier molecular flexibility index (Phi) is 7.08. The van der Waals surface area contributed by atoms with Crippen molar-refractivity contribution in [2.75, 3.05) is 37.9 Å². The Morgan fingerprint density at radius 2 is 1.52 bits per heavy atom. The van der Waals surface area contributed by atoms with E-state index in [1.54, 1.807) is 62.7 Å². The normalized spacial score (nSPS) is 11.4. The third kappa shape index (κ3) is 6.56. The molecule has 1 atom stereocenters. The number of methoxy groups -OCH3 is 1. The molecule has 0 spiro atoms. The topological polar surface area (TPSA) is 88.9 Å². The van der Waals surface area contributed by atoms with Gasteiger partial charge in [0.2, 0.25) is 0 Å². The SMILES string of the molecule is COc1cccc(NC(=O)C[NH+](C)CC(=O)Nc2ccc(C(C)=O)cc2)c1. The van der Waals surface area contributed by atoms with Crippen LogP contribution < -0.4 is 20.3 Å². The molecular formula is C20H24N3O4+. The van der Waals surface area contributed by atoms with Crippen molar-refractivity contribution in [1.82, 2.24) is 0 Å². The molecule has 1 unspecified atom stereocenters. The number of Topliss-reactive ketones (excluding diaryl/α,β-unsaturated/α-hetero) is 1.